The number of ether oxygens (including phenoxy) is 1. The Hall–Kier alpha value is -2.11. The first kappa shape index (κ1) is 21.9. The van der Waals surface area contributed by atoms with Crippen LogP contribution < -0.4 is 15.4 Å². The molecule has 0 spiro atoms. The summed E-state index contributed by atoms with van der Waals surface area (Å²) in [4.78, 5) is 16.7. The van der Waals surface area contributed by atoms with Crippen LogP contribution in [0, 0.1) is 0 Å². The molecule has 1 amide bonds. The van der Waals surface area contributed by atoms with E-state index >= 15 is 0 Å². The van der Waals surface area contributed by atoms with E-state index in [1.165, 1.54) is 0 Å². The first-order valence-electron chi connectivity index (χ1n) is 8.30. The van der Waals surface area contributed by atoms with Crippen LogP contribution in [0.4, 0.5) is 11.4 Å². The Bertz CT molecular complexity index is 719. The standard InChI is InChI=1S/C19H23N3O2.2ClH/c1-2-24-18-9-4-3-8-17(18)21-10-12-22(13-11-21)19(23)15-6-5-7-16(20)14-15;;/h3-9,14H,2,10-13,20H2,1H3;2*1H. The van der Waals surface area contributed by atoms with E-state index in [1.807, 2.05) is 42.2 Å². The van der Waals surface area contributed by atoms with Crippen LogP contribution in [0.15, 0.2) is 48.5 Å². The minimum absolute atomic E-state index is 0. The predicted octanol–water partition coefficient (Wildman–Crippen LogP) is 3.47. The largest absolute Gasteiger partial charge is 0.492 e. The van der Waals surface area contributed by atoms with E-state index in [1.54, 1.807) is 12.1 Å². The molecular weight excluding hydrogens is 373 g/mol. The molecule has 2 aromatic rings. The molecule has 1 fully saturated rings. The number of carbonyl (C=O) groups excluding carboxylic acids is 1. The van der Waals surface area contributed by atoms with Crippen molar-refractivity contribution in [2.75, 3.05) is 43.4 Å². The van der Waals surface area contributed by atoms with Crippen LogP contribution in [-0.2, 0) is 0 Å². The zero-order valence-electron chi connectivity index (χ0n) is 14.8. The maximum absolute atomic E-state index is 12.6. The number of nitrogens with zero attached hydrogens (tertiary/aromatic N) is 2. The molecule has 0 unspecified atom stereocenters. The normalized spacial score (nSPS) is 13.4. The number of anilines is 2. The molecule has 7 heteroatoms. The number of nitrogens with two attached hydrogens (primary N) is 1. The summed E-state index contributed by atoms with van der Waals surface area (Å²) in [6, 6.07) is 15.2. The number of carbonyl (C=O) groups is 1. The molecule has 1 aliphatic rings. The summed E-state index contributed by atoms with van der Waals surface area (Å²) in [6.45, 7) is 5.59. The monoisotopic (exact) mass is 397 g/mol. The van der Waals surface area contributed by atoms with Crippen LogP contribution in [0.5, 0.6) is 5.75 Å². The molecule has 142 valence electrons. The van der Waals surface area contributed by atoms with Crippen molar-refractivity contribution in [2.45, 2.75) is 6.92 Å². The second kappa shape index (κ2) is 10.1. The highest BCUT2D eigenvalue weighted by Gasteiger charge is 2.23. The van der Waals surface area contributed by atoms with Crippen LogP contribution >= 0.6 is 24.8 Å². The summed E-state index contributed by atoms with van der Waals surface area (Å²) in [7, 11) is 0. The summed E-state index contributed by atoms with van der Waals surface area (Å²) in [5.74, 6) is 0.940. The van der Waals surface area contributed by atoms with Crippen LogP contribution in [0.2, 0.25) is 0 Å². The fraction of sp³-hybridized carbons (Fsp3) is 0.316. The van der Waals surface area contributed by atoms with Crippen LogP contribution in [0.25, 0.3) is 0 Å². The Kier molecular flexibility index (Phi) is 8.55. The highest BCUT2D eigenvalue weighted by atomic mass is 35.5. The molecular formula is C19H25Cl2N3O2. The van der Waals surface area contributed by atoms with Gasteiger partial charge in [0, 0.05) is 37.4 Å². The smallest absolute Gasteiger partial charge is 0.254 e. The molecule has 26 heavy (non-hydrogen) atoms. The molecule has 0 aliphatic carbocycles. The van der Waals surface area contributed by atoms with Gasteiger partial charge in [0.2, 0.25) is 0 Å². The second-order valence-corrected chi connectivity index (χ2v) is 5.81. The maximum atomic E-state index is 12.6. The minimum atomic E-state index is 0. The minimum Gasteiger partial charge on any atom is -0.492 e. The van der Waals surface area contributed by atoms with Gasteiger partial charge in [-0.3, -0.25) is 4.79 Å². The molecule has 0 bridgehead atoms. The van der Waals surface area contributed by atoms with Crippen molar-refractivity contribution < 1.29 is 9.53 Å². The summed E-state index contributed by atoms with van der Waals surface area (Å²) >= 11 is 0. The van der Waals surface area contributed by atoms with Crippen molar-refractivity contribution in [1.82, 2.24) is 4.90 Å². The van der Waals surface area contributed by atoms with E-state index in [9.17, 15) is 4.79 Å². The van der Waals surface area contributed by atoms with Gasteiger partial charge in [0.1, 0.15) is 5.75 Å². The van der Waals surface area contributed by atoms with Gasteiger partial charge in [-0.25, -0.2) is 0 Å². The van der Waals surface area contributed by atoms with Gasteiger partial charge in [-0.2, -0.15) is 0 Å². The van der Waals surface area contributed by atoms with E-state index in [-0.39, 0.29) is 30.7 Å². The summed E-state index contributed by atoms with van der Waals surface area (Å²) in [6.07, 6.45) is 0. The molecule has 0 aromatic heterocycles. The van der Waals surface area contributed by atoms with Crippen LogP contribution in [-0.4, -0.2) is 43.6 Å². The molecule has 3 rings (SSSR count). The zero-order valence-corrected chi connectivity index (χ0v) is 16.4. The maximum Gasteiger partial charge on any atom is 0.254 e. The number of hydrogen-bond donors (Lipinski definition) is 1. The van der Waals surface area contributed by atoms with Gasteiger partial charge < -0.3 is 20.3 Å². The third-order valence-electron chi connectivity index (χ3n) is 4.21. The van der Waals surface area contributed by atoms with E-state index in [4.69, 9.17) is 10.5 Å². The molecule has 0 atom stereocenters. The molecule has 0 radical (unpaired) electrons. The number of rotatable bonds is 4. The number of halogens is 2. The quantitative estimate of drug-likeness (QED) is 0.802. The van der Waals surface area contributed by atoms with E-state index in [2.05, 4.69) is 11.0 Å². The van der Waals surface area contributed by atoms with Crippen molar-refractivity contribution in [3.05, 3.63) is 54.1 Å². The Morgan fingerprint density at radius 1 is 1.04 bits per heavy atom. The molecule has 1 heterocycles. The van der Waals surface area contributed by atoms with Gasteiger partial charge in [-0.15, -0.1) is 24.8 Å². The molecule has 5 nitrogen and oxygen atoms in total. The molecule has 1 aliphatic heterocycles. The SMILES string of the molecule is CCOc1ccccc1N1CCN(C(=O)c2cccc(N)c2)CC1.Cl.Cl. The Morgan fingerprint density at radius 3 is 2.38 bits per heavy atom. The van der Waals surface area contributed by atoms with Crippen LogP contribution in [0.3, 0.4) is 0 Å². The van der Waals surface area contributed by atoms with E-state index < -0.39 is 0 Å². The van der Waals surface area contributed by atoms with Crippen molar-refractivity contribution >= 4 is 42.1 Å². The Labute approximate surface area is 166 Å². The number of para-hydroxylation sites is 2. The first-order chi connectivity index (χ1) is 11.7. The lowest BCUT2D eigenvalue weighted by Crippen LogP contribution is -2.48. The highest BCUT2D eigenvalue weighted by molar-refractivity contribution is 5.95. The van der Waals surface area contributed by atoms with Crippen molar-refractivity contribution in [3.8, 4) is 5.75 Å². The number of piperazine rings is 1. The summed E-state index contributed by atoms with van der Waals surface area (Å²) in [5, 5.41) is 0. The van der Waals surface area contributed by atoms with Gasteiger partial charge in [0.05, 0.1) is 12.3 Å². The molecule has 2 N–H and O–H groups in total. The lowest BCUT2D eigenvalue weighted by atomic mass is 10.1. The fourth-order valence-electron chi connectivity index (χ4n) is 3.00. The Morgan fingerprint density at radius 2 is 1.73 bits per heavy atom. The van der Waals surface area contributed by atoms with E-state index in [0.29, 0.717) is 30.9 Å². The van der Waals surface area contributed by atoms with Crippen molar-refractivity contribution in [1.29, 1.82) is 0 Å². The van der Waals surface area contributed by atoms with Gasteiger partial charge in [0.15, 0.2) is 0 Å². The van der Waals surface area contributed by atoms with E-state index in [0.717, 1.165) is 24.5 Å². The fourth-order valence-corrected chi connectivity index (χ4v) is 3.00. The number of benzene rings is 2. The van der Waals surface area contributed by atoms with Crippen molar-refractivity contribution in [2.24, 2.45) is 0 Å². The average Bonchev–Trinajstić information content (AvgIpc) is 2.62. The number of nitrogen functional groups attached to an aromatic ring is 1. The van der Waals surface area contributed by atoms with Crippen molar-refractivity contribution in [3.63, 3.8) is 0 Å². The zero-order chi connectivity index (χ0) is 16.9. The Balaban J connectivity index is 0.00000169. The average molecular weight is 398 g/mol. The van der Waals surface area contributed by atoms with Gasteiger partial charge in [0.25, 0.3) is 5.91 Å². The third-order valence-corrected chi connectivity index (χ3v) is 4.21. The van der Waals surface area contributed by atoms with Gasteiger partial charge in [-0.05, 0) is 37.3 Å². The first-order valence-corrected chi connectivity index (χ1v) is 8.30. The van der Waals surface area contributed by atoms with Gasteiger partial charge >= 0.3 is 0 Å². The second-order valence-electron chi connectivity index (χ2n) is 5.81. The lowest BCUT2D eigenvalue weighted by molar-refractivity contribution is 0.0746. The summed E-state index contributed by atoms with van der Waals surface area (Å²) < 4.78 is 5.71. The highest BCUT2D eigenvalue weighted by Crippen LogP contribution is 2.29. The predicted molar refractivity (Wildman–Crippen MR) is 111 cm³/mol. The van der Waals surface area contributed by atoms with Crippen LogP contribution in [0.1, 0.15) is 17.3 Å². The number of hydrogen-bond acceptors (Lipinski definition) is 4. The van der Waals surface area contributed by atoms with Gasteiger partial charge in [-0.1, -0.05) is 18.2 Å². The topological polar surface area (TPSA) is 58.8 Å². The third kappa shape index (κ3) is 4.96. The molecule has 0 saturated carbocycles. The molecule has 1 saturated heterocycles. The summed E-state index contributed by atoms with van der Waals surface area (Å²) in [5.41, 5.74) is 8.14. The number of amides is 1. The lowest BCUT2D eigenvalue weighted by Gasteiger charge is -2.36. The molecule has 2 aromatic carbocycles.